The molecule has 2 saturated heterocycles. The molecule has 0 bridgehead atoms. The number of nitrogens with zero attached hydrogens (tertiary/aromatic N) is 4. The minimum Gasteiger partial charge on any atom is -0.497 e. The Kier molecular flexibility index (Phi) is 4.81. The molecule has 0 spiro atoms. The van der Waals surface area contributed by atoms with Crippen molar-refractivity contribution < 1.29 is 9.53 Å². The molecule has 0 saturated carbocycles. The van der Waals surface area contributed by atoms with Crippen molar-refractivity contribution in [2.45, 2.75) is 6.04 Å². The van der Waals surface area contributed by atoms with E-state index in [2.05, 4.69) is 14.9 Å². The third-order valence-corrected chi connectivity index (χ3v) is 5.82. The summed E-state index contributed by atoms with van der Waals surface area (Å²) in [6, 6.07) is 9.32. The minimum absolute atomic E-state index is 0.00490. The number of nitrogens with one attached hydrogen (secondary N) is 1. The number of likely N-dealkylation sites (tertiary alicyclic amines) is 1. The Morgan fingerprint density at radius 3 is 2.59 bits per heavy atom. The number of urea groups is 1. The van der Waals surface area contributed by atoms with Gasteiger partial charge in [0.15, 0.2) is 0 Å². The molecule has 154 valence electrons. The number of ether oxygens (including phenoxy) is 1. The largest absolute Gasteiger partial charge is 0.497 e. The summed E-state index contributed by atoms with van der Waals surface area (Å²) >= 11 is 0. The quantitative estimate of drug-likeness (QED) is 0.803. The average molecular weight is 398 g/mol. The molecule has 2 aliphatic heterocycles. The van der Waals surface area contributed by atoms with E-state index in [1.807, 2.05) is 29.2 Å². The Morgan fingerprint density at radius 2 is 1.97 bits per heavy atom. The number of H-pyrrole nitrogens is 1. The number of carbonyl (C=O) groups is 1. The number of anilines is 2. The zero-order valence-electron chi connectivity index (χ0n) is 16.8. The number of hydrogen-bond acceptors (Lipinski definition) is 6. The maximum Gasteiger partial charge on any atom is 0.320 e. The molecule has 2 aliphatic rings. The summed E-state index contributed by atoms with van der Waals surface area (Å²) in [4.78, 5) is 37.1. The fraction of sp³-hybridized carbons (Fsp3) is 0.450. The predicted octanol–water partition coefficient (Wildman–Crippen LogP) is 1.15. The van der Waals surface area contributed by atoms with Crippen molar-refractivity contribution in [3.8, 4) is 5.75 Å². The Hall–Kier alpha value is -3.23. The molecule has 3 N–H and O–H groups in total. The van der Waals surface area contributed by atoms with Crippen LogP contribution in [0.1, 0.15) is 11.6 Å². The first kappa shape index (κ1) is 19.1. The van der Waals surface area contributed by atoms with Crippen LogP contribution in [0.2, 0.25) is 0 Å². The van der Waals surface area contributed by atoms with E-state index in [9.17, 15) is 9.59 Å². The number of hydrogen-bond donors (Lipinski definition) is 2. The number of benzene rings is 1. The lowest BCUT2D eigenvalue weighted by molar-refractivity contribution is 0.159. The molecule has 3 atom stereocenters. The van der Waals surface area contributed by atoms with Crippen molar-refractivity contribution in [1.29, 1.82) is 0 Å². The molecular formula is C20H26N6O3. The van der Waals surface area contributed by atoms with Crippen molar-refractivity contribution in [3.63, 3.8) is 0 Å². The van der Waals surface area contributed by atoms with Crippen LogP contribution in [0.4, 0.5) is 16.6 Å². The van der Waals surface area contributed by atoms with Crippen LogP contribution in [0.25, 0.3) is 0 Å². The lowest BCUT2D eigenvalue weighted by atomic mass is 9.89. The van der Waals surface area contributed by atoms with Gasteiger partial charge in [-0.25, -0.2) is 4.79 Å². The molecule has 0 radical (unpaired) electrons. The standard InChI is InChI=1S/C20H26N6O3/c1-24(2)20(28)26-10-13-9-25(16-8-17(27)23-19(21)22-16)11-15(13)18(26)12-4-6-14(29-3)7-5-12/h4-8,13,15,18H,9-11H2,1-3H3,(H3,21,22,23,27)/t13-,15-,18+/m1/s1. The lowest BCUT2D eigenvalue weighted by Gasteiger charge is -2.32. The Morgan fingerprint density at radius 1 is 1.24 bits per heavy atom. The van der Waals surface area contributed by atoms with Gasteiger partial charge in [-0.1, -0.05) is 12.1 Å². The number of aromatic amines is 1. The molecule has 1 aromatic carbocycles. The van der Waals surface area contributed by atoms with Crippen molar-refractivity contribution in [2.24, 2.45) is 11.8 Å². The van der Waals surface area contributed by atoms with Crippen LogP contribution in [0.3, 0.4) is 0 Å². The number of methoxy groups -OCH3 is 1. The van der Waals surface area contributed by atoms with Gasteiger partial charge in [-0.15, -0.1) is 0 Å². The van der Waals surface area contributed by atoms with E-state index in [4.69, 9.17) is 10.5 Å². The zero-order valence-corrected chi connectivity index (χ0v) is 16.8. The van der Waals surface area contributed by atoms with Gasteiger partial charge in [0.1, 0.15) is 11.6 Å². The SMILES string of the molecule is COc1ccc([C@H]2[C@@H]3CN(c4cc(=O)[nH]c(N)n4)C[C@@H]3CN2C(=O)N(C)C)cc1. The maximum absolute atomic E-state index is 12.9. The highest BCUT2D eigenvalue weighted by Gasteiger charge is 2.49. The van der Waals surface area contributed by atoms with E-state index in [-0.39, 0.29) is 35.4 Å². The third-order valence-electron chi connectivity index (χ3n) is 5.82. The summed E-state index contributed by atoms with van der Waals surface area (Å²) in [5.74, 6) is 1.99. The van der Waals surface area contributed by atoms with Crippen molar-refractivity contribution in [2.75, 3.05) is 51.5 Å². The number of aromatic nitrogens is 2. The molecule has 29 heavy (non-hydrogen) atoms. The van der Waals surface area contributed by atoms with Gasteiger partial charge in [0.25, 0.3) is 5.56 Å². The summed E-state index contributed by atoms with van der Waals surface area (Å²) in [5.41, 5.74) is 6.53. The molecule has 1 aromatic heterocycles. The van der Waals surface area contributed by atoms with Crippen LogP contribution < -0.4 is 20.9 Å². The molecule has 0 unspecified atom stereocenters. The fourth-order valence-corrected chi connectivity index (χ4v) is 4.54. The second kappa shape index (κ2) is 7.31. The first-order valence-corrected chi connectivity index (χ1v) is 9.61. The monoisotopic (exact) mass is 398 g/mol. The molecule has 9 nitrogen and oxygen atoms in total. The Balaban J connectivity index is 1.65. The van der Waals surface area contributed by atoms with Gasteiger partial charge in [-0.2, -0.15) is 4.98 Å². The summed E-state index contributed by atoms with van der Waals surface area (Å²) in [6.45, 7) is 2.09. The average Bonchev–Trinajstić information content (AvgIpc) is 3.24. The van der Waals surface area contributed by atoms with Gasteiger partial charge >= 0.3 is 6.03 Å². The number of rotatable bonds is 3. The van der Waals surface area contributed by atoms with Gasteiger partial charge in [0.05, 0.1) is 13.2 Å². The number of nitrogen functional groups attached to an aromatic ring is 1. The van der Waals surface area contributed by atoms with Crippen LogP contribution in [0.5, 0.6) is 5.75 Å². The Labute approximate surface area is 169 Å². The smallest absolute Gasteiger partial charge is 0.320 e. The number of carbonyl (C=O) groups excluding carboxylic acids is 1. The number of amides is 2. The van der Waals surface area contributed by atoms with E-state index >= 15 is 0 Å². The minimum atomic E-state index is -0.263. The zero-order chi connectivity index (χ0) is 20.7. The van der Waals surface area contributed by atoms with E-state index in [0.717, 1.165) is 17.9 Å². The van der Waals surface area contributed by atoms with E-state index in [1.165, 1.54) is 6.07 Å². The number of nitrogens with two attached hydrogens (primary N) is 1. The van der Waals surface area contributed by atoms with E-state index in [0.29, 0.717) is 18.9 Å². The lowest BCUT2D eigenvalue weighted by Crippen LogP contribution is -2.41. The molecule has 2 fully saturated rings. The first-order valence-electron chi connectivity index (χ1n) is 9.61. The second-order valence-corrected chi connectivity index (χ2v) is 7.87. The van der Waals surface area contributed by atoms with Crippen LogP contribution >= 0.6 is 0 Å². The molecule has 9 heteroatoms. The topological polar surface area (TPSA) is 108 Å². The van der Waals surface area contributed by atoms with Crippen LogP contribution in [-0.2, 0) is 0 Å². The maximum atomic E-state index is 12.9. The molecule has 2 aromatic rings. The van der Waals surface area contributed by atoms with Gasteiger partial charge in [0, 0.05) is 51.6 Å². The molecule has 2 amide bonds. The molecule has 3 heterocycles. The Bertz CT molecular complexity index is 957. The third kappa shape index (κ3) is 3.48. The molecule has 4 rings (SSSR count). The normalized spacial score (nSPS) is 23.2. The fourth-order valence-electron chi connectivity index (χ4n) is 4.54. The first-order chi connectivity index (χ1) is 13.9. The molecular weight excluding hydrogens is 372 g/mol. The van der Waals surface area contributed by atoms with Crippen LogP contribution in [0, 0.1) is 11.8 Å². The van der Waals surface area contributed by atoms with Crippen molar-refractivity contribution >= 4 is 17.8 Å². The summed E-state index contributed by atoms with van der Waals surface area (Å²) in [5, 5.41) is 0. The highest BCUT2D eigenvalue weighted by molar-refractivity contribution is 5.75. The summed E-state index contributed by atoms with van der Waals surface area (Å²) in [7, 11) is 5.19. The van der Waals surface area contributed by atoms with Crippen molar-refractivity contribution in [3.05, 3.63) is 46.2 Å². The van der Waals surface area contributed by atoms with E-state index in [1.54, 1.807) is 26.1 Å². The summed E-state index contributed by atoms with van der Waals surface area (Å²) < 4.78 is 5.28. The van der Waals surface area contributed by atoms with Crippen LogP contribution in [-0.4, -0.2) is 66.6 Å². The van der Waals surface area contributed by atoms with E-state index < -0.39 is 0 Å². The van der Waals surface area contributed by atoms with Crippen molar-refractivity contribution in [1.82, 2.24) is 19.8 Å². The summed E-state index contributed by atoms with van der Waals surface area (Å²) in [6.07, 6.45) is 0. The van der Waals surface area contributed by atoms with Gasteiger partial charge in [-0.3, -0.25) is 9.78 Å². The van der Waals surface area contributed by atoms with Gasteiger partial charge in [0.2, 0.25) is 5.95 Å². The van der Waals surface area contributed by atoms with Gasteiger partial charge in [-0.05, 0) is 17.7 Å². The highest BCUT2D eigenvalue weighted by Crippen LogP contribution is 2.46. The second-order valence-electron chi connectivity index (χ2n) is 7.87. The molecule has 0 aliphatic carbocycles. The highest BCUT2D eigenvalue weighted by atomic mass is 16.5. The number of fused-ring (bicyclic) bond motifs is 1. The predicted molar refractivity (Wildman–Crippen MR) is 110 cm³/mol. The van der Waals surface area contributed by atoms with Gasteiger partial charge < -0.3 is 25.2 Å². The van der Waals surface area contributed by atoms with Crippen LogP contribution in [0.15, 0.2) is 35.1 Å².